The van der Waals surface area contributed by atoms with Gasteiger partial charge in [0.2, 0.25) is 0 Å². The standard InChI is InChI=1S/C30H32Cl2N4O4/c1-17(2)19-8-6-9-20(15-19)34-24-14-12-22(31)26(27(24)32)28(37)35-25(29(38)40-3)16-33-30(39)36-23-13-11-18-7-4-5-10-21(18)23/h4-10,12,14-15,17,23,25,34H,11,13,16H2,1-3H3,(H,35,37)(H2,33,36,39)/t23?,25-/m0/s1. The lowest BCUT2D eigenvalue weighted by Crippen LogP contribution is -2.51. The van der Waals surface area contributed by atoms with E-state index in [2.05, 4.69) is 35.1 Å². The van der Waals surface area contributed by atoms with E-state index >= 15 is 0 Å². The van der Waals surface area contributed by atoms with E-state index in [-0.39, 0.29) is 28.2 Å². The van der Waals surface area contributed by atoms with E-state index in [4.69, 9.17) is 27.9 Å². The Labute approximate surface area is 243 Å². The molecule has 0 radical (unpaired) electrons. The second-order valence-corrected chi connectivity index (χ2v) is 10.7. The van der Waals surface area contributed by atoms with Gasteiger partial charge in [-0.15, -0.1) is 0 Å². The first kappa shape index (κ1) is 29.2. The van der Waals surface area contributed by atoms with Gasteiger partial charge in [0.25, 0.3) is 5.91 Å². The van der Waals surface area contributed by atoms with Crippen molar-refractivity contribution in [1.82, 2.24) is 16.0 Å². The second kappa shape index (κ2) is 13.1. The van der Waals surface area contributed by atoms with Gasteiger partial charge in [-0.1, -0.05) is 73.4 Å². The van der Waals surface area contributed by atoms with E-state index in [1.165, 1.54) is 12.7 Å². The first-order chi connectivity index (χ1) is 19.2. The molecule has 0 heterocycles. The molecule has 1 unspecified atom stereocenters. The lowest BCUT2D eigenvalue weighted by Gasteiger charge is -2.20. The number of rotatable bonds is 9. The van der Waals surface area contributed by atoms with Gasteiger partial charge < -0.3 is 26.0 Å². The van der Waals surface area contributed by atoms with Crippen LogP contribution >= 0.6 is 23.2 Å². The first-order valence-corrected chi connectivity index (χ1v) is 13.8. The van der Waals surface area contributed by atoms with E-state index < -0.39 is 23.9 Å². The van der Waals surface area contributed by atoms with Gasteiger partial charge >= 0.3 is 12.0 Å². The van der Waals surface area contributed by atoms with Gasteiger partial charge in [-0.05, 0) is 59.7 Å². The largest absolute Gasteiger partial charge is 0.467 e. The number of carbonyl (C=O) groups is 3. The number of ether oxygens (including phenoxy) is 1. The van der Waals surface area contributed by atoms with Gasteiger partial charge in [-0.2, -0.15) is 0 Å². The van der Waals surface area contributed by atoms with Gasteiger partial charge in [0.05, 0.1) is 41.0 Å². The number of methoxy groups -OCH3 is 1. The Hall–Kier alpha value is -3.75. The summed E-state index contributed by atoms with van der Waals surface area (Å²) >= 11 is 13.0. The predicted octanol–water partition coefficient (Wildman–Crippen LogP) is 6.12. The van der Waals surface area contributed by atoms with Crippen LogP contribution in [0.15, 0.2) is 60.7 Å². The number of anilines is 2. The fourth-order valence-corrected chi connectivity index (χ4v) is 5.25. The zero-order valence-electron chi connectivity index (χ0n) is 22.5. The molecule has 10 heteroatoms. The molecule has 0 spiro atoms. The summed E-state index contributed by atoms with van der Waals surface area (Å²) in [6.45, 7) is 4.00. The summed E-state index contributed by atoms with van der Waals surface area (Å²) in [5.41, 5.74) is 4.68. The van der Waals surface area contributed by atoms with Crippen LogP contribution in [0.25, 0.3) is 0 Å². The van der Waals surface area contributed by atoms with Gasteiger partial charge in [-0.25, -0.2) is 9.59 Å². The third-order valence-corrected chi connectivity index (χ3v) is 7.55. The average molecular weight is 584 g/mol. The molecule has 3 aromatic carbocycles. The molecule has 0 aliphatic heterocycles. The molecule has 4 rings (SSSR count). The summed E-state index contributed by atoms with van der Waals surface area (Å²) in [5.74, 6) is -1.08. The number of benzene rings is 3. The number of urea groups is 1. The molecule has 2 atom stereocenters. The summed E-state index contributed by atoms with van der Waals surface area (Å²) in [5, 5.41) is 11.6. The summed E-state index contributed by atoms with van der Waals surface area (Å²) < 4.78 is 4.85. The molecular weight excluding hydrogens is 551 g/mol. The van der Waals surface area contributed by atoms with Crippen molar-refractivity contribution >= 4 is 52.5 Å². The van der Waals surface area contributed by atoms with Crippen molar-refractivity contribution in [3.05, 3.63) is 93.0 Å². The van der Waals surface area contributed by atoms with Gasteiger partial charge in [0.15, 0.2) is 0 Å². The minimum atomic E-state index is -1.18. The molecule has 210 valence electrons. The highest BCUT2D eigenvalue weighted by molar-refractivity contribution is 6.41. The van der Waals surface area contributed by atoms with Gasteiger partial charge in [-0.3, -0.25) is 4.79 Å². The zero-order chi connectivity index (χ0) is 28.8. The Balaban J connectivity index is 1.44. The highest BCUT2D eigenvalue weighted by Gasteiger charge is 2.28. The number of nitrogens with one attached hydrogen (secondary N) is 4. The van der Waals surface area contributed by atoms with Crippen LogP contribution in [0.5, 0.6) is 0 Å². The molecular formula is C30H32Cl2N4O4. The molecule has 3 amide bonds. The third kappa shape index (κ3) is 6.87. The Morgan fingerprint density at radius 2 is 1.80 bits per heavy atom. The quantitative estimate of drug-likeness (QED) is 0.227. The minimum absolute atomic E-state index is 0.00531. The smallest absolute Gasteiger partial charge is 0.330 e. The Bertz CT molecular complexity index is 1410. The summed E-state index contributed by atoms with van der Waals surface area (Å²) in [6, 6.07) is 17.3. The topological polar surface area (TPSA) is 109 Å². The molecule has 3 aromatic rings. The fourth-order valence-electron chi connectivity index (χ4n) is 4.67. The summed E-state index contributed by atoms with van der Waals surface area (Å²) in [4.78, 5) is 38.4. The number of carbonyl (C=O) groups excluding carboxylic acids is 3. The molecule has 0 bridgehead atoms. The SMILES string of the molecule is COC(=O)[C@H](CNC(=O)NC1CCc2ccccc21)NC(=O)c1c(Cl)ccc(Nc2cccc(C(C)C)c2)c1Cl. The summed E-state index contributed by atoms with van der Waals surface area (Å²) in [7, 11) is 1.20. The number of hydrogen-bond donors (Lipinski definition) is 4. The maximum atomic E-state index is 13.3. The number of amides is 3. The average Bonchev–Trinajstić information content (AvgIpc) is 3.35. The monoisotopic (exact) mass is 582 g/mol. The van der Waals surface area contributed by atoms with Crippen LogP contribution in [-0.2, 0) is 16.0 Å². The predicted molar refractivity (Wildman–Crippen MR) is 158 cm³/mol. The molecule has 40 heavy (non-hydrogen) atoms. The van der Waals surface area contributed by atoms with Crippen molar-refractivity contribution in [2.75, 3.05) is 19.0 Å². The van der Waals surface area contributed by atoms with Crippen LogP contribution in [0.4, 0.5) is 16.2 Å². The number of hydrogen-bond acceptors (Lipinski definition) is 5. The minimum Gasteiger partial charge on any atom is -0.467 e. The van der Waals surface area contributed by atoms with E-state index in [0.29, 0.717) is 11.6 Å². The highest BCUT2D eigenvalue weighted by atomic mass is 35.5. The third-order valence-electron chi connectivity index (χ3n) is 6.85. The molecule has 4 N–H and O–H groups in total. The number of fused-ring (bicyclic) bond motifs is 1. The molecule has 1 aliphatic rings. The van der Waals surface area contributed by atoms with E-state index in [0.717, 1.165) is 29.7 Å². The Kier molecular flexibility index (Phi) is 9.55. The maximum absolute atomic E-state index is 13.3. The van der Waals surface area contributed by atoms with Crippen LogP contribution in [0.3, 0.4) is 0 Å². The molecule has 0 saturated heterocycles. The normalized spacial score (nSPS) is 14.7. The molecule has 1 aliphatic carbocycles. The van der Waals surface area contributed by atoms with Gasteiger partial charge in [0.1, 0.15) is 6.04 Å². The first-order valence-electron chi connectivity index (χ1n) is 13.0. The van der Waals surface area contributed by atoms with Crippen molar-refractivity contribution in [3.63, 3.8) is 0 Å². The Morgan fingerprint density at radius 1 is 1.02 bits per heavy atom. The molecule has 0 aromatic heterocycles. The molecule has 8 nitrogen and oxygen atoms in total. The van der Waals surface area contributed by atoms with Crippen molar-refractivity contribution < 1.29 is 19.1 Å². The number of halogens is 2. The van der Waals surface area contributed by atoms with Crippen molar-refractivity contribution in [2.45, 2.75) is 44.7 Å². The van der Waals surface area contributed by atoms with Crippen LogP contribution < -0.4 is 21.3 Å². The van der Waals surface area contributed by atoms with Crippen molar-refractivity contribution in [3.8, 4) is 0 Å². The van der Waals surface area contributed by atoms with Crippen LogP contribution in [-0.4, -0.2) is 37.6 Å². The highest BCUT2D eigenvalue weighted by Crippen LogP contribution is 2.34. The van der Waals surface area contributed by atoms with E-state index in [9.17, 15) is 14.4 Å². The van der Waals surface area contributed by atoms with Crippen LogP contribution in [0.1, 0.15) is 59.3 Å². The zero-order valence-corrected chi connectivity index (χ0v) is 24.0. The number of aryl methyl sites for hydroxylation is 1. The molecule has 0 fully saturated rings. The van der Waals surface area contributed by atoms with Crippen molar-refractivity contribution in [2.24, 2.45) is 0 Å². The second-order valence-electron chi connectivity index (χ2n) is 9.88. The van der Waals surface area contributed by atoms with Gasteiger partial charge in [0, 0.05) is 5.69 Å². The number of esters is 1. The van der Waals surface area contributed by atoms with E-state index in [1.54, 1.807) is 12.1 Å². The Morgan fingerprint density at radius 3 is 2.55 bits per heavy atom. The lowest BCUT2D eigenvalue weighted by molar-refractivity contribution is -0.142. The van der Waals surface area contributed by atoms with E-state index in [1.807, 2.05) is 48.5 Å². The van der Waals surface area contributed by atoms with Crippen LogP contribution in [0.2, 0.25) is 10.0 Å². The fraction of sp³-hybridized carbons (Fsp3) is 0.300. The summed E-state index contributed by atoms with van der Waals surface area (Å²) in [6.07, 6.45) is 1.66. The van der Waals surface area contributed by atoms with Crippen molar-refractivity contribution in [1.29, 1.82) is 0 Å². The lowest BCUT2D eigenvalue weighted by atomic mass is 10.0. The van der Waals surface area contributed by atoms with Crippen LogP contribution in [0, 0.1) is 0 Å². The maximum Gasteiger partial charge on any atom is 0.330 e. The molecule has 0 saturated carbocycles.